The highest BCUT2D eigenvalue weighted by Crippen LogP contribution is 2.32. The molecule has 1 N–H and O–H groups in total. The number of nitrogens with one attached hydrogen (secondary N) is 1. The van der Waals surface area contributed by atoms with Gasteiger partial charge in [-0.25, -0.2) is 0 Å². The molecule has 0 atom stereocenters. The molecule has 0 unspecified atom stereocenters. The molecule has 1 aliphatic heterocycles. The Morgan fingerprint density at radius 1 is 1.10 bits per heavy atom. The number of fused-ring (bicyclic) bond motifs is 1. The lowest BCUT2D eigenvalue weighted by Gasteiger charge is -2.22. The van der Waals surface area contributed by atoms with Gasteiger partial charge >= 0.3 is 0 Å². The SMILES string of the molecule is CCCNCc1cc(Cl)ccc1N1Cc2ccccc2C1. The summed E-state index contributed by atoms with van der Waals surface area (Å²) in [7, 11) is 0. The van der Waals surface area contributed by atoms with E-state index in [1.807, 2.05) is 6.07 Å². The van der Waals surface area contributed by atoms with Gasteiger partial charge in [0.2, 0.25) is 0 Å². The standard InChI is InChI=1S/C18H21ClN2/c1-2-9-20-11-16-10-17(19)7-8-18(16)21-12-14-5-3-4-6-15(14)13-21/h3-8,10,20H,2,9,11-13H2,1H3. The van der Waals surface area contributed by atoms with E-state index >= 15 is 0 Å². The van der Waals surface area contributed by atoms with Crippen LogP contribution in [0.15, 0.2) is 42.5 Å². The molecule has 0 bridgehead atoms. The van der Waals surface area contributed by atoms with Crippen LogP contribution in [0.5, 0.6) is 0 Å². The van der Waals surface area contributed by atoms with Crippen LogP contribution < -0.4 is 10.2 Å². The van der Waals surface area contributed by atoms with Gasteiger partial charge in [0.25, 0.3) is 0 Å². The Morgan fingerprint density at radius 2 is 1.81 bits per heavy atom. The fourth-order valence-corrected chi connectivity index (χ4v) is 3.10. The lowest BCUT2D eigenvalue weighted by Crippen LogP contribution is -2.20. The number of halogens is 1. The number of nitrogens with zero attached hydrogens (tertiary/aromatic N) is 1. The van der Waals surface area contributed by atoms with Gasteiger partial charge in [0.15, 0.2) is 0 Å². The van der Waals surface area contributed by atoms with Crippen LogP contribution in [0.3, 0.4) is 0 Å². The molecule has 0 spiro atoms. The van der Waals surface area contributed by atoms with Gasteiger partial charge in [-0.2, -0.15) is 0 Å². The summed E-state index contributed by atoms with van der Waals surface area (Å²) in [6, 6.07) is 14.9. The number of rotatable bonds is 5. The first-order valence-electron chi connectivity index (χ1n) is 7.59. The number of anilines is 1. The molecule has 110 valence electrons. The molecule has 0 saturated carbocycles. The predicted molar refractivity (Wildman–Crippen MR) is 89.8 cm³/mol. The highest BCUT2D eigenvalue weighted by atomic mass is 35.5. The maximum atomic E-state index is 6.18. The summed E-state index contributed by atoms with van der Waals surface area (Å²) in [5.74, 6) is 0. The Bertz CT molecular complexity index is 599. The molecule has 2 aromatic carbocycles. The van der Waals surface area contributed by atoms with Crippen molar-refractivity contribution in [3.8, 4) is 0 Å². The maximum Gasteiger partial charge on any atom is 0.0436 e. The first kappa shape index (κ1) is 14.4. The zero-order chi connectivity index (χ0) is 14.7. The molecule has 1 aliphatic rings. The minimum absolute atomic E-state index is 0.809. The van der Waals surface area contributed by atoms with Gasteiger partial charge < -0.3 is 10.2 Å². The van der Waals surface area contributed by atoms with Crippen molar-refractivity contribution in [2.45, 2.75) is 33.0 Å². The smallest absolute Gasteiger partial charge is 0.0436 e. The van der Waals surface area contributed by atoms with Gasteiger partial charge in [-0.1, -0.05) is 42.8 Å². The van der Waals surface area contributed by atoms with Crippen LogP contribution in [-0.4, -0.2) is 6.54 Å². The second-order valence-electron chi connectivity index (χ2n) is 5.57. The van der Waals surface area contributed by atoms with Gasteiger partial charge in [-0.05, 0) is 47.9 Å². The van der Waals surface area contributed by atoms with E-state index in [9.17, 15) is 0 Å². The Kier molecular flexibility index (Phi) is 4.47. The molecule has 0 saturated heterocycles. The highest BCUT2D eigenvalue weighted by Gasteiger charge is 2.20. The fourth-order valence-electron chi connectivity index (χ4n) is 2.91. The zero-order valence-electron chi connectivity index (χ0n) is 12.4. The van der Waals surface area contributed by atoms with Crippen molar-refractivity contribution in [2.75, 3.05) is 11.4 Å². The van der Waals surface area contributed by atoms with Crippen LogP contribution in [0, 0.1) is 0 Å². The van der Waals surface area contributed by atoms with Gasteiger partial charge in [-0.3, -0.25) is 0 Å². The molecule has 0 aromatic heterocycles. The third kappa shape index (κ3) is 3.22. The van der Waals surface area contributed by atoms with Gasteiger partial charge in [0.1, 0.15) is 0 Å². The average Bonchev–Trinajstić information content (AvgIpc) is 2.91. The van der Waals surface area contributed by atoms with Gasteiger partial charge in [-0.15, -0.1) is 0 Å². The molecular weight excluding hydrogens is 280 g/mol. The topological polar surface area (TPSA) is 15.3 Å². The van der Waals surface area contributed by atoms with Crippen LogP contribution in [0.2, 0.25) is 5.02 Å². The van der Waals surface area contributed by atoms with E-state index in [1.54, 1.807) is 0 Å². The van der Waals surface area contributed by atoms with Crippen LogP contribution in [0.1, 0.15) is 30.0 Å². The van der Waals surface area contributed by atoms with Crippen molar-refractivity contribution in [1.29, 1.82) is 0 Å². The molecule has 0 aliphatic carbocycles. The molecular formula is C18H21ClN2. The molecule has 3 rings (SSSR count). The zero-order valence-corrected chi connectivity index (χ0v) is 13.2. The van der Waals surface area contributed by atoms with Crippen molar-refractivity contribution in [3.05, 3.63) is 64.2 Å². The average molecular weight is 301 g/mol. The number of hydrogen-bond acceptors (Lipinski definition) is 2. The summed E-state index contributed by atoms with van der Waals surface area (Å²) in [5, 5.41) is 4.29. The first-order chi connectivity index (χ1) is 10.3. The molecule has 0 fully saturated rings. The fraction of sp³-hybridized carbons (Fsp3) is 0.333. The summed E-state index contributed by atoms with van der Waals surface area (Å²) in [6.07, 6.45) is 1.14. The van der Waals surface area contributed by atoms with Crippen molar-refractivity contribution >= 4 is 17.3 Å². The Labute approximate surface area is 131 Å². The van der Waals surface area contributed by atoms with Gasteiger partial charge in [0.05, 0.1) is 0 Å². The van der Waals surface area contributed by atoms with Crippen molar-refractivity contribution in [2.24, 2.45) is 0 Å². The predicted octanol–water partition coefficient (Wildman–Crippen LogP) is 4.36. The van der Waals surface area contributed by atoms with Gasteiger partial charge in [0, 0.05) is 30.3 Å². The first-order valence-corrected chi connectivity index (χ1v) is 7.96. The molecule has 2 nitrogen and oxygen atoms in total. The third-order valence-corrected chi connectivity index (χ3v) is 4.20. The van der Waals surface area contributed by atoms with Crippen LogP contribution in [0.4, 0.5) is 5.69 Å². The Morgan fingerprint density at radius 3 is 2.48 bits per heavy atom. The minimum atomic E-state index is 0.809. The lowest BCUT2D eigenvalue weighted by molar-refractivity contribution is 0.673. The maximum absolute atomic E-state index is 6.18. The molecule has 0 radical (unpaired) electrons. The van der Waals surface area contributed by atoms with Crippen molar-refractivity contribution in [3.63, 3.8) is 0 Å². The van der Waals surface area contributed by atoms with E-state index in [4.69, 9.17) is 11.6 Å². The quantitative estimate of drug-likeness (QED) is 0.825. The molecule has 0 amide bonds. The largest absolute Gasteiger partial charge is 0.363 e. The molecule has 21 heavy (non-hydrogen) atoms. The van der Waals surface area contributed by atoms with E-state index in [1.165, 1.54) is 22.4 Å². The Balaban J connectivity index is 1.82. The lowest BCUT2D eigenvalue weighted by atomic mass is 10.1. The van der Waals surface area contributed by atoms with E-state index in [-0.39, 0.29) is 0 Å². The van der Waals surface area contributed by atoms with Crippen LogP contribution >= 0.6 is 11.6 Å². The second-order valence-corrected chi connectivity index (χ2v) is 6.01. The van der Waals surface area contributed by atoms with E-state index < -0.39 is 0 Å². The monoisotopic (exact) mass is 300 g/mol. The number of benzene rings is 2. The third-order valence-electron chi connectivity index (χ3n) is 3.97. The van der Waals surface area contributed by atoms with E-state index in [0.717, 1.165) is 37.6 Å². The molecule has 1 heterocycles. The summed E-state index contributed by atoms with van der Waals surface area (Å²) < 4.78 is 0. The highest BCUT2D eigenvalue weighted by molar-refractivity contribution is 6.30. The number of hydrogen-bond donors (Lipinski definition) is 1. The minimum Gasteiger partial charge on any atom is -0.363 e. The molecule has 3 heteroatoms. The van der Waals surface area contributed by atoms with Crippen molar-refractivity contribution in [1.82, 2.24) is 5.32 Å². The Hall–Kier alpha value is -1.51. The summed E-state index contributed by atoms with van der Waals surface area (Å²) in [4.78, 5) is 2.43. The second kappa shape index (κ2) is 6.50. The summed E-state index contributed by atoms with van der Waals surface area (Å²) in [6.45, 7) is 6.06. The van der Waals surface area contributed by atoms with Crippen LogP contribution in [-0.2, 0) is 19.6 Å². The van der Waals surface area contributed by atoms with E-state index in [0.29, 0.717) is 0 Å². The van der Waals surface area contributed by atoms with Crippen LogP contribution in [0.25, 0.3) is 0 Å². The van der Waals surface area contributed by atoms with Crippen molar-refractivity contribution < 1.29 is 0 Å². The normalized spacial score (nSPS) is 13.5. The summed E-state index contributed by atoms with van der Waals surface area (Å²) >= 11 is 6.18. The summed E-state index contributed by atoms with van der Waals surface area (Å²) in [5.41, 5.74) is 5.43. The van der Waals surface area contributed by atoms with E-state index in [2.05, 4.69) is 53.5 Å². The molecule has 2 aromatic rings.